The van der Waals surface area contributed by atoms with Gasteiger partial charge in [-0.15, -0.1) is 11.8 Å². The molecule has 0 heterocycles. The molecular weight excluding hydrogens is 508 g/mol. The van der Waals surface area contributed by atoms with E-state index in [0.29, 0.717) is 31.7 Å². The van der Waals surface area contributed by atoms with Crippen LogP contribution in [0.1, 0.15) is 30.9 Å². The Morgan fingerprint density at radius 1 is 0.912 bits per heavy atom. The van der Waals surface area contributed by atoms with Crippen molar-refractivity contribution in [3.8, 4) is 0 Å². The van der Waals surface area contributed by atoms with Crippen molar-refractivity contribution in [2.45, 2.75) is 43.7 Å². The van der Waals surface area contributed by atoms with Gasteiger partial charge in [0.2, 0.25) is 11.8 Å². The summed E-state index contributed by atoms with van der Waals surface area (Å²) in [5.74, 6) is 0.541. The standard InChI is InChI=1S/C28H31BrN2O2S/c1-2-18-30-28(33)26(20-22-9-5-3-6-10-22)31(21-23-13-15-24(29)16-14-23)27(32)17-19-34-25-11-7-4-8-12-25/h3-16,26H,2,17-21H2,1H3,(H,30,33). The van der Waals surface area contributed by atoms with Crippen LogP contribution in [0, 0.1) is 0 Å². The van der Waals surface area contributed by atoms with Crippen LogP contribution in [0.25, 0.3) is 0 Å². The number of nitrogens with one attached hydrogen (secondary N) is 1. The lowest BCUT2D eigenvalue weighted by molar-refractivity contribution is -0.141. The highest BCUT2D eigenvalue weighted by Gasteiger charge is 2.30. The van der Waals surface area contributed by atoms with Gasteiger partial charge in [-0.25, -0.2) is 0 Å². The monoisotopic (exact) mass is 538 g/mol. The molecule has 0 saturated carbocycles. The van der Waals surface area contributed by atoms with Crippen LogP contribution < -0.4 is 5.32 Å². The molecule has 0 saturated heterocycles. The number of amides is 2. The predicted molar refractivity (Wildman–Crippen MR) is 144 cm³/mol. The molecule has 3 rings (SSSR count). The highest BCUT2D eigenvalue weighted by atomic mass is 79.9. The fourth-order valence-corrected chi connectivity index (χ4v) is 4.75. The molecule has 0 aliphatic heterocycles. The highest BCUT2D eigenvalue weighted by molar-refractivity contribution is 9.10. The molecule has 0 spiro atoms. The molecule has 6 heteroatoms. The van der Waals surface area contributed by atoms with Crippen molar-refractivity contribution in [1.82, 2.24) is 10.2 Å². The van der Waals surface area contributed by atoms with E-state index in [1.807, 2.05) is 91.9 Å². The molecular formula is C28H31BrN2O2S. The smallest absolute Gasteiger partial charge is 0.243 e. The Morgan fingerprint density at radius 2 is 1.56 bits per heavy atom. The second-order valence-corrected chi connectivity index (χ2v) is 10.1. The first kappa shape index (κ1) is 26.0. The van der Waals surface area contributed by atoms with Crippen LogP contribution in [0.5, 0.6) is 0 Å². The van der Waals surface area contributed by atoms with Gasteiger partial charge in [-0.1, -0.05) is 83.5 Å². The molecule has 1 N–H and O–H groups in total. The van der Waals surface area contributed by atoms with Crippen molar-refractivity contribution in [1.29, 1.82) is 0 Å². The van der Waals surface area contributed by atoms with Crippen molar-refractivity contribution in [3.63, 3.8) is 0 Å². The first-order chi connectivity index (χ1) is 16.6. The Morgan fingerprint density at radius 3 is 2.21 bits per heavy atom. The molecule has 1 atom stereocenters. The van der Waals surface area contributed by atoms with Crippen LogP contribution in [-0.4, -0.2) is 35.1 Å². The first-order valence-corrected chi connectivity index (χ1v) is 13.4. The van der Waals surface area contributed by atoms with Crippen LogP contribution in [-0.2, 0) is 22.6 Å². The summed E-state index contributed by atoms with van der Waals surface area (Å²) in [5, 5.41) is 3.02. The summed E-state index contributed by atoms with van der Waals surface area (Å²) in [6, 6.07) is 27.3. The number of rotatable bonds is 12. The number of carbonyl (C=O) groups is 2. The fourth-order valence-electron chi connectivity index (χ4n) is 3.62. The number of hydrogen-bond donors (Lipinski definition) is 1. The van der Waals surface area contributed by atoms with Crippen molar-refractivity contribution in [2.75, 3.05) is 12.3 Å². The van der Waals surface area contributed by atoms with Crippen molar-refractivity contribution < 1.29 is 9.59 Å². The molecule has 0 fully saturated rings. The van der Waals surface area contributed by atoms with E-state index in [-0.39, 0.29) is 11.8 Å². The van der Waals surface area contributed by atoms with Crippen molar-refractivity contribution in [3.05, 3.63) is 101 Å². The summed E-state index contributed by atoms with van der Waals surface area (Å²) in [6.45, 7) is 3.01. The van der Waals surface area contributed by atoms with Crippen LogP contribution in [0.3, 0.4) is 0 Å². The Hall–Kier alpha value is -2.57. The van der Waals surface area contributed by atoms with Gasteiger partial charge in [0.1, 0.15) is 6.04 Å². The second-order valence-electron chi connectivity index (χ2n) is 8.06. The summed E-state index contributed by atoms with van der Waals surface area (Å²) in [6.07, 6.45) is 1.69. The zero-order chi connectivity index (χ0) is 24.2. The summed E-state index contributed by atoms with van der Waals surface area (Å²) >= 11 is 5.13. The molecule has 3 aromatic rings. The van der Waals surface area contributed by atoms with Gasteiger partial charge in [-0.2, -0.15) is 0 Å². The van der Waals surface area contributed by atoms with Gasteiger partial charge in [0.05, 0.1) is 0 Å². The zero-order valence-corrected chi connectivity index (χ0v) is 21.9. The lowest BCUT2D eigenvalue weighted by Crippen LogP contribution is -2.50. The van der Waals surface area contributed by atoms with Crippen molar-refractivity contribution >= 4 is 39.5 Å². The molecule has 4 nitrogen and oxygen atoms in total. The fraction of sp³-hybridized carbons (Fsp3) is 0.286. The van der Waals surface area contributed by atoms with Gasteiger partial charge in [0.25, 0.3) is 0 Å². The summed E-state index contributed by atoms with van der Waals surface area (Å²) in [4.78, 5) is 29.7. The Balaban J connectivity index is 1.82. The second kappa shape index (κ2) is 14.0. The summed E-state index contributed by atoms with van der Waals surface area (Å²) < 4.78 is 0.981. The quantitative estimate of drug-likeness (QED) is 0.283. The van der Waals surface area contributed by atoms with Gasteiger partial charge in [0, 0.05) is 41.1 Å². The maximum atomic E-state index is 13.5. The number of thioether (sulfide) groups is 1. The lowest BCUT2D eigenvalue weighted by atomic mass is 10.0. The van der Waals surface area contributed by atoms with E-state index >= 15 is 0 Å². The minimum Gasteiger partial charge on any atom is -0.354 e. The van der Waals surface area contributed by atoms with Gasteiger partial charge in [-0.05, 0) is 41.8 Å². The number of hydrogen-bond acceptors (Lipinski definition) is 3. The van der Waals surface area contributed by atoms with Crippen LogP contribution in [0.2, 0.25) is 0 Å². The van der Waals surface area contributed by atoms with E-state index in [0.717, 1.165) is 26.9 Å². The maximum absolute atomic E-state index is 13.5. The van der Waals surface area contributed by atoms with Crippen LogP contribution in [0.15, 0.2) is 94.3 Å². The number of carbonyl (C=O) groups excluding carboxylic acids is 2. The van der Waals surface area contributed by atoms with E-state index in [1.165, 1.54) is 0 Å². The van der Waals surface area contributed by atoms with Gasteiger partial charge < -0.3 is 10.2 Å². The minimum atomic E-state index is -0.577. The van der Waals surface area contributed by atoms with E-state index in [9.17, 15) is 9.59 Å². The Labute approximate surface area is 215 Å². The number of benzene rings is 3. The first-order valence-electron chi connectivity index (χ1n) is 11.6. The molecule has 34 heavy (non-hydrogen) atoms. The van der Waals surface area contributed by atoms with Gasteiger partial charge >= 0.3 is 0 Å². The molecule has 178 valence electrons. The largest absolute Gasteiger partial charge is 0.354 e. The number of halogens is 1. The molecule has 3 aromatic carbocycles. The third kappa shape index (κ3) is 8.33. The van der Waals surface area contributed by atoms with Gasteiger partial charge in [-0.3, -0.25) is 9.59 Å². The van der Waals surface area contributed by atoms with E-state index in [1.54, 1.807) is 16.7 Å². The van der Waals surface area contributed by atoms with Crippen LogP contribution >= 0.6 is 27.7 Å². The summed E-state index contributed by atoms with van der Waals surface area (Å²) in [7, 11) is 0. The highest BCUT2D eigenvalue weighted by Crippen LogP contribution is 2.21. The molecule has 2 amide bonds. The molecule has 1 unspecified atom stereocenters. The normalized spacial score (nSPS) is 11.6. The molecule has 0 bridgehead atoms. The zero-order valence-electron chi connectivity index (χ0n) is 19.5. The van der Waals surface area contributed by atoms with Crippen LogP contribution in [0.4, 0.5) is 0 Å². The van der Waals surface area contributed by atoms with E-state index in [2.05, 4.69) is 21.2 Å². The third-order valence-corrected chi connectivity index (χ3v) is 6.96. The van der Waals surface area contributed by atoms with E-state index in [4.69, 9.17) is 0 Å². The topological polar surface area (TPSA) is 49.4 Å². The van der Waals surface area contributed by atoms with E-state index < -0.39 is 6.04 Å². The molecule has 0 radical (unpaired) electrons. The average molecular weight is 540 g/mol. The lowest BCUT2D eigenvalue weighted by Gasteiger charge is -2.31. The number of nitrogens with zero attached hydrogens (tertiary/aromatic N) is 1. The maximum Gasteiger partial charge on any atom is 0.243 e. The SMILES string of the molecule is CCCNC(=O)C(Cc1ccccc1)N(Cc1ccc(Br)cc1)C(=O)CCSc1ccccc1. The molecule has 0 aliphatic rings. The molecule has 0 aromatic heterocycles. The Bertz CT molecular complexity index is 1030. The molecule has 0 aliphatic carbocycles. The Kier molecular flexibility index (Phi) is 10.7. The van der Waals surface area contributed by atoms with Gasteiger partial charge in [0.15, 0.2) is 0 Å². The minimum absolute atomic E-state index is 0.0149. The third-order valence-electron chi connectivity index (χ3n) is 5.41. The predicted octanol–water partition coefficient (Wildman–Crippen LogP) is 6.10. The van der Waals surface area contributed by atoms with Crippen molar-refractivity contribution in [2.24, 2.45) is 0 Å². The summed E-state index contributed by atoms with van der Waals surface area (Å²) in [5.41, 5.74) is 2.03. The average Bonchev–Trinajstić information content (AvgIpc) is 2.87.